The first-order valence-corrected chi connectivity index (χ1v) is 15.2. The van der Waals surface area contributed by atoms with Gasteiger partial charge in [-0.15, -0.1) is 0 Å². The van der Waals surface area contributed by atoms with Crippen LogP contribution in [0.2, 0.25) is 0 Å². The molecule has 1 N–H and O–H groups in total. The van der Waals surface area contributed by atoms with Gasteiger partial charge in [0, 0.05) is 30.0 Å². The average molecular weight is 602 g/mol. The van der Waals surface area contributed by atoms with Crippen LogP contribution in [0.3, 0.4) is 0 Å². The first-order valence-electron chi connectivity index (χ1n) is 12.8. The van der Waals surface area contributed by atoms with Gasteiger partial charge in [-0.3, -0.25) is 9.59 Å². The Hall–Kier alpha value is -1.58. The van der Waals surface area contributed by atoms with Crippen LogP contribution in [0.1, 0.15) is 38.5 Å². The second-order valence-corrected chi connectivity index (χ2v) is 11.2. The fraction of sp³-hybridized carbons (Fsp3) is 0.680. The summed E-state index contributed by atoms with van der Waals surface area (Å²) < 4.78 is 78.8. The van der Waals surface area contributed by atoms with Crippen molar-refractivity contribution in [2.75, 3.05) is 65.2 Å². The lowest BCUT2D eigenvalue weighted by Gasteiger charge is -2.09. The van der Waals surface area contributed by atoms with Crippen LogP contribution in [-0.2, 0) is 28.5 Å². The number of unbranched alkanes of at least 4 members (excludes halogenated alkanes) is 1. The van der Waals surface area contributed by atoms with Gasteiger partial charge in [0.2, 0.25) is 23.3 Å². The monoisotopic (exact) mass is 601 g/mol. The quantitative estimate of drug-likeness (QED) is 0.0549. The Kier molecular flexibility index (Phi) is 17.5. The van der Waals surface area contributed by atoms with Gasteiger partial charge in [0.05, 0.1) is 59.3 Å². The van der Waals surface area contributed by atoms with Crippen molar-refractivity contribution in [1.29, 1.82) is 0 Å². The Morgan fingerprint density at radius 3 is 2.00 bits per heavy atom. The van der Waals surface area contributed by atoms with E-state index in [9.17, 15) is 27.2 Å². The zero-order valence-corrected chi connectivity index (χ0v) is 23.3. The number of ether oxygens (including phenoxy) is 5. The molecule has 0 aromatic heterocycles. The van der Waals surface area contributed by atoms with Crippen molar-refractivity contribution in [1.82, 2.24) is 5.32 Å². The number of amides is 1. The molecule has 222 valence electrons. The normalized spacial score (nSPS) is 15.0. The molecule has 8 nitrogen and oxygen atoms in total. The van der Waals surface area contributed by atoms with E-state index < -0.39 is 35.0 Å². The summed E-state index contributed by atoms with van der Waals surface area (Å²) in [5, 5.41) is 3.60. The van der Waals surface area contributed by atoms with Crippen molar-refractivity contribution in [3.05, 3.63) is 29.3 Å². The molecule has 0 saturated carbocycles. The molecule has 1 saturated heterocycles. The van der Waals surface area contributed by atoms with Crippen LogP contribution < -0.4 is 10.1 Å². The maximum atomic E-state index is 13.5. The Balaban J connectivity index is 1.31. The fourth-order valence-electron chi connectivity index (χ4n) is 3.30. The fourth-order valence-corrected chi connectivity index (χ4v) is 6.32. The molecule has 39 heavy (non-hydrogen) atoms. The molecule has 0 aliphatic carbocycles. The highest BCUT2D eigenvalue weighted by atomic mass is 33.1. The molecule has 1 unspecified atom stereocenters. The molecule has 1 heterocycles. The van der Waals surface area contributed by atoms with Crippen molar-refractivity contribution < 1.29 is 50.8 Å². The maximum Gasteiger partial charge on any atom is 0.313 e. The molecular weight excluding hydrogens is 566 g/mol. The largest absolute Gasteiger partial charge is 0.420 e. The molecule has 1 aromatic carbocycles. The third kappa shape index (κ3) is 14.6. The van der Waals surface area contributed by atoms with Crippen molar-refractivity contribution in [2.24, 2.45) is 0 Å². The van der Waals surface area contributed by atoms with Gasteiger partial charge in [0.25, 0.3) is 0 Å². The second kappa shape index (κ2) is 20.3. The highest BCUT2D eigenvalue weighted by molar-refractivity contribution is 8.77. The molecule has 14 heteroatoms. The van der Waals surface area contributed by atoms with Gasteiger partial charge < -0.3 is 29.0 Å². The van der Waals surface area contributed by atoms with Gasteiger partial charge in [-0.2, -0.15) is 8.78 Å². The Bertz CT molecular complexity index is 853. The number of esters is 1. The minimum absolute atomic E-state index is 0.0202. The molecule has 1 aliphatic rings. The molecule has 1 fully saturated rings. The summed E-state index contributed by atoms with van der Waals surface area (Å²) in [6, 6.07) is 0.0202. The lowest BCUT2D eigenvalue weighted by Crippen LogP contribution is -2.27. The summed E-state index contributed by atoms with van der Waals surface area (Å²) in [6.45, 7) is 2.50. The molecule has 1 atom stereocenters. The van der Waals surface area contributed by atoms with Crippen molar-refractivity contribution in [3.63, 3.8) is 0 Å². The Morgan fingerprint density at radius 1 is 0.821 bits per heavy atom. The predicted molar refractivity (Wildman–Crippen MR) is 140 cm³/mol. The summed E-state index contributed by atoms with van der Waals surface area (Å²) >= 11 is 0. The minimum Gasteiger partial charge on any atom is -0.420 e. The van der Waals surface area contributed by atoms with Gasteiger partial charge in [0.1, 0.15) is 0 Å². The van der Waals surface area contributed by atoms with Gasteiger partial charge in [-0.05, 0) is 19.3 Å². The van der Waals surface area contributed by atoms with Gasteiger partial charge >= 0.3 is 5.97 Å². The maximum absolute atomic E-state index is 13.5. The standard InChI is InChI=1S/C25H35F4NO7S2/c26-19-17-20(27)24(29)25(23(19)28)37-22(32)5-8-33-10-12-35-14-15-36-13-11-34-9-7-30-21(31)4-2-1-3-18-6-16-38-39-18/h17-18H,1-16H2,(H,30,31). The number of carbonyl (C=O) groups excluding carboxylic acids is 2. The van der Waals surface area contributed by atoms with E-state index in [1.165, 1.54) is 18.6 Å². The summed E-state index contributed by atoms with van der Waals surface area (Å²) in [5.74, 6) is -8.17. The summed E-state index contributed by atoms with van der Waals surface area (Å²) in [7, 11) is 3.90. The first kappa shape index (κ1) is 33.6. The van der Waals surface area contributed by atoms with Crippen molar-refractivity contribution >= 4 is 33.5 Å². The molecule has 0 spiro atoms. The summed E-state index contributed by atoms with van der Waals surface area (Å²) in [4.78, 5) is 23.4. The SMILES string of the molecule is O=C(CCCCC1CCSS1)NCCOCCOCCOCCOCCC(=O)Oc1c(F)c(F)cc(F)c1F. The van der Waals surface area contributed by atoms with Crippen LogP contribution in [0.15, 0.2) is 6.07 Å². The van der Waals surface area contributed by atoms with Crippen LogP contribution in [0.5, 0.6) is 5.75 Å². The van der Waals surface area contributed by atoms with Crippen molar-refractivity contribution in [2.45, 2.75) is 43.8 Å². The summed E-state index contributed by atoms with van der Waals surface area (Å²) in [5.41, 5.74) is 0. The van der Waals surface area contributed by atoms with Crippen molar-refractivity contribution in [3.8, 4) is 5.75 Å². The zero-order valence-electron chi connectivity index (χ0n) is 21.7. The predicted octanol–water partition coefficient (Wildman–Crippen LogP) is 4.44. The van der Waals surface area contributed by atoms with E-state index in [2.05, 4.69) is 10.1 Å². The molecule has 1 aliphatic heterocycles. The number of nitrogens with one attached hydrogen (secondary N) is 1. The van der Waals surface area contributed by atoms with E-state index in [0.29, 0.717) is 46.0 Å². The number of hydrogen-bond acceptors (Lipinski definition) is 9. The van der Waals surface area contributed by atoms with Crippen LogP contribution in [0.4, 0.5) is 17.6 Å². The number of benzene rings is 1. The van der Waals surface area contributed by atoms with Crippen LogP contribution >= 0.6 is 21.6 Å². The van der Waals surface area contributed by atoms with E-state index >= 15 is 0 Å². The number of halogens is 4. The smallest absolute Gasteiger partial charge is 0.313 e. The highest BCUT2D eigenvalue weighted by Crippen LogP contribution is 2.39. The van der Waals surface area contributed by atoms with Crippen LogP contribution in [0.25, 0.3) is 0 Å². The van der Waals surface area contributed by atoms with Gasteiger partial charge in [0.15, 0.2) is 11.6 Å². The van der Waals surface area contributed by atoms with Crippen LogP contribution in [-0.4, -0.2) is 82.3 Å². The lowest BCUT2D eigenvalue weighted by molar-refractivity contribution is -0.136. The summed E-state index contributed by atoms with van der Waals surface area (Å²) in [6.07, 6.45) is 4.62. The van der Waals surface area contributed by atoms with E-state index in [1.807, 2.05) is 21.6 Å². The van der Waals surface area contributed by atoms with Crippen LogP contribution in [0, 0.1) is 23.3 Å². The van der Waals surface area contributed by atoms with E-state index in [0.717, 1.165) is 18.1 Å². The number of rotatable bonds is 21. The minimum atomic E-state index is -1.79. The lowest BCUT2D eigenvalue weighted by atomic mass is 10.1. The number of hydrogen-bond donors (Lipinski definition) is 1. The number of carbonyl (C=O) groups is 2. The van der Waals surface area contributed by atoms with E-state index in [1.54, 1.807) is 0 Å². The molecule has 0 radical (unpaired) electrons. The Labute approximate surface area is 233 Å². The molecule has 1 amide bonds. The Morgan fingerprint density at radius 2 is 1.41 bits per heavy atom. The van der Waals surface area contributed by atoms with E-state index in [-0.39, 0.29) is 38.2 Å². The molecule has 2 rings (SSSR count). The topological polar surface area (TPSA) is 92.3 Å². The third-order valence-corrected chi connectivity index (χ3v) is 8.34. The van der Waals surface area contributed by atoms with Gasteiger partial charge in [-0.25, -0.2) is 8.78 Å². The zero-order chi connectivity index (χ0) is 28.3. The molecular formula is C25H35F4NO7S2. The molecule has 0 bridgehead atoms. The van der Waals surface area contributed by atoms with Gasteiger partial charge in [-0.1, -0.05) is 28.0 Å². The van der Waals surface area contributed by atoms with E-state index in [4.69, 9.17) is 18.9 Å². The first-order chi connectivity index (χ1) is 18.9. The average Bonchev–Trinajstić information content (AvgIpc) is 3.44. The third-order valence-electron chi connectivity index (χ3n) is 5.33. The highest BCUT2D eigenvalue weighted by Gasteiger charge is 2.23. The second-order valence-electron chi connectivity index (χ2n) is 8.40. The molecule has 1 aromatic rings.